The quantitative estimate of drug-likeness (QED) is 0.331. The first kappa shape index (κ1) is 22.5. The Balaban J connectivity index is 1.61. The maximum atomic E-state index is 13.6. The number of carbonyl (C=O) groups excluding carboxylic acids is 1. The molecule has 1 aliphatic heterocycles. The van der Waals surface area contributed by atoms with Gasteiger partial charge in [-0.15, -0.1) is 0 Å². The van der Waals surface area contributed by atoms with Crippen molar-refractivity contribution in [3.8, 4) is 5.75 Å². The van der Waals surface area contributed by atoms with Crippen molar-refractivity contribution in [2.24, 2.45) is 0 Å². The Labute approximate surface area is 206 Å². The smallest absolute Gasteiger partial charge is 0.290 e. The number of rotatable bonds is 5. The number of fused-ring (bicyclic) bond motifs is 2. The molecule has 0 saturated heterocycles. The SMILES string of the molecule is COc1ccc(CCN2C(=O)c3oc4cc(C)c(Cl)cc4c(=O)c3[C@H]2c2ccc(Cl)cc2)cc1. The van der Waals surface area contributed by atoms with Gasteiger partial charge in [-0.1, -0.05) is 47.5 Å². The van der Waals surface area contributed by atoms with Gasteiger partial charge in [0, 0.05) is 16.6 Å². The zero-order valence-electron chi connectivity index (χ0n) is 18.6. The van der Waals surface area contributed by atoms with Crippen molar-refractivity contribution in [2.45, 2.75) is 19.4 Å². The molecule has 1 atom stereocenters. The number of aryl methyl sites for hydroxylation is 1. The molecule has 3 aromatic carbocycles. The van der Waals surface area contributed by atoms with Crippen LogP contribution in [0.2, 0.25) is 10.0 Å². The summed E-state index contributed by atoms with van der Waals surface area (Å²) in [6.45, 7) is 2.23. The van der Waals surface area contributed by atoms with E-state index in [0.29, 0.717) is 39.5 Å². The van der Waals surface area contributed by atoms with Crippen molar-refractivity contribution in [2.75, 3.05) is 13.7 Å². The molecule has 5 nitrogen and oxygen atoms in total. The summed E-state index contributed by atoms with van der Waals surface area (Å²) in [5.41, 5.74) is 3.04. The van der Waals surface area contributed by atoms with Gasteiger partial charge >= 0.3 is 0 Å². The van der Waals surface area contributed by atoms with Gasteiger partial charge in [0.2, 0.25) is 5.76 Å². The molecule has 1 aromatic heterocycles. The minimum atomic E-state index is -0.584. The normalized spacial score (nSPS) is 15.1. The number of hydrogen-bond acceptors (Lipinski definition) is 4. The number of hydrogen-bond donors (Lipinski definition) is 0. The standard InChI is InChI=1S/C27H21Cl2NO4/c1-15-13-22-20(14-21(15)29)25(31)23-24(17-5-7-18(28)8-6-17)30(27(32)26(23)34-22)12-11-16-3-9-19(33-2)10-4-16/h3-10,13-14,24H,11-12H2,1-2H3/t24-/m1/s1. The average Bonchev–Trinajstić information content (AvgIpc) is 3.11. The van der Waals surface area contributed by atoms with E-state index in [0.717, 1.165) is 22.4 Å². The first-order chi connectivity index (χ1) is 16.4. The molecule has 0 spiro atoms. The molecule has 0 aliphatic carbocycles. The molecule has 2 heterocycles. The summed E-state index contributed by atoms with van der Waals surface area (Å²) in [6.07, 6.45) is 0.604. The zero-order valence-corrected chi connectivity index (χ0v) is 20.1. The summed E-state index contributed by atoms with van der Waals surface area (Å²) in [5, 5.41) is 1.41. The van der Waals surface area contributed by atoms with Gasteiger partial charge in [0.05, 0.1) is 24.1 Å². The second-order valence-corrected chi connectivity index (χ2v) is 9.17. The summed E-state index contributed by atoms with van der Waals surface area (Å²) >= 11 is 12.4. The number of methoxy groups -OCH3 is 1. The predicted octanol–water partition coefficient (Wildman–Crippen LogP) is 6.20. The number of ether oxygens (including phenoxy) is 1. The Morgan fingerprint density at radius 3 is 2.38 bits per heavy atom. The monoisotopic (exact) mass is 493 g/mol. The zero-order chi connectivity index (χ0) is 24.0. The van der Waals surface area contributed by atoms with Crippen molar-refractivity contribution in [1.82, 2.24) is 4.90 Å². The Bertz CT molecular complexity index is 1460. The molecular formula is C27H21Cl2NO4. The number of carbonyl (C=O) groups is 1. The molecule has 172 valence electrons. The minimum Gasteiger partial charge on any atom is -0.497 e. The molecule has 1 amide bonds. The van der Waals surface area contributed by atoms with E-state index in [4.69, 9.17) is 32.4 Å². The lowest BCUT2D eigenvalue weighted by atomic mass is 9.98. The third kappa shape index (κ3) is 3.85. The molecule has 4 aromatic rings. The average molecular weight is 494 g/mol. The van der Waals surface area contributed by atoms with Gasteiger partial charge in [-0.3, -0.25) is 9.59 Å². The first-order valence-electron chi connectivity index (χ1n) is 10.8. The van der Waals surface area contributed by atoms with Crippen molar-refractivity contribution in [1.29, 1.82) is 0 Å². The largest absolute Gasteiger partial charge is 0.497 e. The predicted molar refractivity (Wildman–Crippen MR) is 133 cm³/mol. The van der Waals surface area contributed by atoms with E-state index < -0.39 is 6.04 Å². The summed E-state index contributed by atoms with van der Waals surface area (Å²) in [6, 6.07) is 17.6. The first-order valence-corrected chi connectivity index (χ1v) is 11.6. The van der Waals surface area contributed by atoms with Crippen LogP contribution in [0.5, 0.6) is 5.75 Å². The van der Waals surface area contributed by atoms with Crippen LogP contribution < -0.4 is 10.2 Å². The van der Waals surface area contributed by atoms with Crippen LogP contribution in [0.25, 0.3) is 11.0 Å². The lowest BCUT2D eigenvalue weighted by Gasteiger charge is -2.25. The molecule has 5 rings (SSSR count). The summed E-state index contributed by atoms with van der Waals surface area (Å²) in [7, 11) is 1.62. The van der Waals surface area contributed by atoms with Gasteiger partial charge in [-0.25, -0.2) is 0 Å². The van der Waals surface area contributed by atoms with Crippen molar-refractivity contribution >= 4 is 40.1 Å². The van der Waals surface area contributed by atoms with Crippen LogP contribution in [-0.4, -0.2) is 24.5 Å². The van der Waals surface area contributed by atoms with E-state index in [9.17, 15) is 9.59 Å². The molecule has 0 saturated carbocycles. The van der Waals surface area contributed by atoms with E-state index in [2.05, 4.69) is 0 Å². The number of amides is 1. The van der Waals surface area contributed by atoms with Gasteiger partial charge in [0.25, 0.3) is 5.91 Å². The van der Waals surface area contributed by atoms with E-state index in [1.807, 2.05) is 43.3 Å². The third-order valence-electron chi connectivity index (χ3n) is 6.23. The highest BCUT2D eigenvalue weighted by Crippen LogP contribution is 2.39. The van der Waals surface area contributed by atoms with Crippen LogP contribution in [-0.2, 0) is 6.42 Å². The van der Waals surface area contributed by atoms with E-state index >= 15 is 0 Å². The number of nitrogens with zero attached hydrogens (tertiary/aromatic N) is 1. The van der Waals surface area contributed by atoms with Gasteiger partial charge in [0.1, 0.15) is 11.3 Å². The fourth-order valence-electron chi connectivity index (χ4n) is 4.40. The van der Waals surface area contributed by atoms with Crippen molar-refractivity contribution in [3.05, 3.63) is 109 Å². The van der Waals surface area contributed by atoms with Crippen LogP contribution in [0.3, 0.4) is 0 Å². The highest BCUT2D eigenvalue weighted by molar-refractivity contribution is 6.32. The summed E-state index contributed by atoms with van der Waals surface area (Å²) in [5.74, 6) is 0.534. The minimum absolute atomic E-state index is 0.0777. The van der Waals surface area contributed by atoms with Crippen LogP contribution in [0.4, 0.5) is 0 Å². The van der Waals surface area contributed by atoms with Crippen molar-refractivity contribution in [3.63, 3.8) is 0 Å². The topological polar surface area (TPSA) is 59.8 Å². The molecule has 7 heteroatoms. The Morgan fingerprint density at radius 1 is 1.00 bits per heavy atom. The third-order valence-corrected chi connectivity index (χ3v) is 6.89. The molecule has 0 radical (unpaired) electrons. The van der Waals surface area contributed by atoms with Gasteiger partial charge in [0.15, 0.2) is 5.43 Å². The fourth-order valence-corrected chi connectivity index (χ4v) is 4.69. The maximum absolute atomic E-state index is 13.6. The highest BCUT2D eigenvalue weighted by Gasteiger charge is 2.42. The molecule has 0 bridgehead atoms. The van der Waals surface area contributed by atoms with Crippen LogP contribution in [0.1, 0.15) is 38.9 Å². The van der Waals surface area contributed by atoms with Crippen molar-refractivity contribution < 1.29 is 13.9 Å². The molecule has 0 N–H and O–H groups in total. The molecule has 34 heavy (non-hydrogen) atoms. The molecular weight excluding hydrogens is 473 g/mol. The van der Waals surface area contributed by atoms with E-state index in [-0.39, 0.29) is 17.1 Å². The van der Waals surface area contributed by atoms with Gasteiger partial charge in [-0.05, 0) is 66.4 Å². The number of benzene rings is 3. The van der Waals surface area contributed by atoms with Gasteiger partial charge < -0.3 is 14.1 Å². The molecule has 0 unspecified atom stereocenters. The van der Waals surface area contributed by atoms with E-state index in [1.165, 1.54) is 0 Å². The second kappa shape index (κ2) is 8.82. The molecule has 1 aliphatic rings. The Morgan fingerprint density at radius 2 is 1.71 bits per heavy atom. The van der Waals surface area contributed by atoms with Gasteiger partial charge in [-0.2, -0.15) is 0 Å². The van der Waals surface area contributed by atoms with E-state index in [1.54, 1.807) is 36.3 Å². The van der Waals surface area contributed by atoms with Crippen LogP contribution in [0.15, 0.2) is 69.9 Å². The van der Waals surface area contributed by atoms with Crippen LogP contribution >= 0.6 is 23.2 Å². The highest BCUT2D eigenvalue weighted by atomic mass is 35.5. The second-order valence-electron chi connectivity index (χ2n) is 8.32. The summed E-state index contributed by atoms with van der Waals surface area (Å²) in [4.78, 5) is 28.9. The fraction of sp³-hybridized carbons (Fsp3) is 0.185. The maximum Gasteiger partial charge on any atom is 0.290 e. The number of halogens is 2. The Hall–Kier alpha value is -3.28. The van der Waals surface area contributed by atoms with Crippen LogP contribution in [0, 0.1) is 6.92 Å². The lowest BCUT2D eigenvalue weighted by Crippen LogP contribution is -2.31. The molecule has 0 fully saturated rings. The Kier molecular flexibility index (Phi) is 5.84. The summed E-state index contributed by atoms with van der Waals surface area (Å²) < 4.78 is 11.3. The lowest BCUT2D eigenvalue weighted by molar-refractivity contribution is 0.0730.